The van der Waals surface area contributed by atoms with Crippen molar-refractivity contribution < 1.29 is 28.2 Å². The summed E-state index contributed by atoms with van der Waals surface area (Å²) < 4.78 is 26.3. The Bertz CT molecular complexity index is 578. The van der Waals surface area contributed by atoms with Gasteiger partial charge >= 0.3 is 20.6 Å². The molecule has 0 aliphatic heterocycles. The summed E-state index contributed by atoms with van der Waals surface area (Å²) in [6, 6.07) is 0. The van der Waals surface area contributed by atoms with Gasteiger partial charge in [-0.1, -0.05) is 135 Å². The molecule has 0 bridgehead atoms. The monoisotopic (exact) mass is 587 g/mol. The number of unbranched alkanes of at least 4 members (excludes halogenated alkanes) is 21. The average Bonchev–Trinajstić information content (AvgIpc) is 2.95. The summed E-state index contributed by atoms with van der Waals surface area (Å²) in [5.41, 5.74) is 5.52. The number of carbonyl (C=O) groups excluding carboxylic acids is 2. The first-order chi connectivity index (χ1) is 19.6. The second-order valence-electron chi connectivity index (χ2n) is 11.2. The molecule has 40 heavy (non-hydrogen) atoms. The molecule has 0 heterocycles. The Labute approximate surface area is 247 Å². The van der Waals surface area contributed by atoms with Gasteiger partial charge in [-0.2, -0.15) is 0 Å². The number of hydrogen-bond donors (Lipinski definition) is 1. The van der Waals surface area contributed by atoms with Crippen molar-refractivity contribution in [1.29, 1.82) is 0 Å². The largest absolute Gasteiger partial charge is 0.462 e. The summed E-state index contributed by atoms with van der Waals surface area (Å²) >= 11 is 0. The zero-order valence-corrected chi connectivity index (χ0v) is 26.7. The summed E-state index contributed by atoms with van der Waals surface area (Å²) in [7, 11) is -0.484. The number of rotatable bonds is 32. The summed E-state index contributed by atoms with van der Waals surface area (Å²) in [5.74, 6) is -0.615. The fraction of sp³-hybridized carbons (Fsp3) is 0.938. The summed E-state index contributed by atoms with van der Waals surface area (Å²) in [5, 5.41) is 0. The van der Waals surface area contributed by atoms with Crippen LogP contribution in [0, 0.1) is 0 Å². The quantitative estimate of drug-likeness (QED) is 0.0475. The number of hydrogen-bond acceptors (Lipinski definition) is 7. The highest BCUT2D eigenvalue weighted by atomic mass is 31.1. The lowest BCUT2D eigenvalue weighted by Gasteiger charge is -2.16. The molecule has 0 rings (SSSR count). The molecule has 0 saturated carbocycles. The highest BCUT2D eigenvalue weighted by molar-refractivity contribution is 7.17. The predicted molar refractivity (Wildman–Crippen MR) is 165 cm³/mol. The molecular weight excluding hydrogens is 525 g/mol. The Balaban J connectivity index is 3.74. The molecule has 0 saturated heterocycles. The van der Waals surface area contributed by atoms with E-state index in [0.717, 1.165) is 51.5 Å². The van der Waals surface area contributed by atoms with Crippen molar-refractivity contribution >= 4 is 20.6 Å². The van der Waals surface area contributed by atoms with Crippen LogP contribution in [0.25, 0.3) is 0 Å². The lowest BCUT2D eigenvalue weighted by atomic mass is 10.0. The van der Waals surface area contributed by atoms with Gasteiger partial charge in [0, 0.05) is 12.8 Å². The Morgan fingerprint density at radius 1 is 0.575 bits per heavy atom. The van der Waals surface area contributed by atoms with Crippen molar-refractivity contribution in [1.82, 2.24) is 0 Å². The molecule has 236 valence electrons. The first-order valence-corrected chi connectivity index (χ1v) is 17.4. The first-order valence-electron chi connectivity index (χ1n) is 16.6. The molecule has 0 radical (unpaired) electrons. The van der Waals surface area contributed by atoms with Gasteiger partial charge in [-0.15, -0.1) is 0 Å². The van der Waals surface area contributed by atoms with Crippen molar-refractivity contribution in [2.45, 2.75) is 174 Å². The van der Waals surface area contributed by atoms with E-state index in [9.17, 15) is 14.2 Å². The summed E-state index contributed by atoms with van der Waals surface area (Å²) in [6.45, 7) is 2.93. The molecule has 0 aromatic heterocycles. The molecule has 8 heteroatoms. The van der Waals surface area contributed by atoms with Gasteiger partial charge in [0.25, 0.3) is 0 Å². The van der Waals surface area contributed by atoms with Crippen molar-refractivity contribution in [2.75, 3.05) is 19.8 Å². The molecule has 0 unspecified atom stereocenters. The molecular formula is C32H62NO6P. The third-order valence-electron chi connectivity index (χ3n) is 7.36. The minimum atomic E-state index is -0.730. The van der Waals surface area contributed by atoms with E-state index < -0.39 is 14.8 Å². The Hall–Kier alpha value is -1.04. The second-order valence-corrected chi connectivity index (χ2v) is 11.6. The van der Waals surface area contributed by atoms with E-state index in [-0.39, 0.29) is 25.2 Å². The molecule has 0 aliphatic carbocycles. The molecule has 2 N–H and O–H groups in total. The lowest BCUT2D eigenvalue weighted by molar-refractivity contribution is -0.160. The van der Waals surface area contributed by atoms with Crippen LogP contribution in [0.5, 0.6) is 0 Å². The molecule has 0 aliphatic rings. The van der Waals surface area contributed by atoms with Crippen LogP contribution in [0.4, 0.5) is 0 Å². The number of carbonyl (C=O) groups is 2. The Morgan fingerprint density at radius 2 is 0.975 bits per heavy atom. The van der Waals surface area contributed by atoms with Gasteiger partial charge < -0.3 is 15.2 Å². The smallest absolute Gasteiger partial charge is 0.327 e. The topological polar surface area (TPSA) is 105 Å². The van der Waals surface area contributed by atoms with E-state index >= 15 is 0 Å². The number of ether oxygens (including phenoxy) is 2. The Morgan fingerprint density at radius 3 is 1.40 bits per heavy atom. The molecule has 0 spiro atoms. The van der Waals surface area contributed by atoms with Crippen molar-refractivity contribution in [3.8, 4) is 0 Å². The van der Waals surface area contributed by atoms with Crippen LogP contribution in [0.15, 0.2) is 0 Å². The zero-order chi connectivity index (χ0) is 29.4. The SMILES string of the molecule is CCCCCCCCCCCCC(=O)O[C@@H](COP=O)COC(=O)CCCCCCCCCCCCCCCN. The van der Waals surface area contributed by atoms with E-state index in [2.05, 4.69) is 6.92 Å². The third-order valence-corrected chi connectivity index (χ3v) is 7.62. The normalized spacial score (nSPS) is 12.1. The third kappa shape index (κ3) is 29.9. The molecule has 7 nitrogen and oxygen atoms in total. The summed E-state index contributed by atoms with van der Waals surface area (Å²) in [4.78, 5) is 24.3. The van der Waals surface area contributed by atoms with Crippen molar-refractivity contribution in [3.63, 3.8) is 0 Å². The maximum absolute atomic E-state index is 12.2. The minimum absolute atomic E-state index is 0.0591. The minimum Gasteiger partial charge on any atom is -0.462 e. The van der Waals surface area contributed by atoms with Crippen LogP contribution in [0.1, 0.15) is 167 Å². The fourth-order valence-corrected chi connectivity index (χ4v) is 5.07. The zero-order valence-electron chi connectivity index (χ0n) is 25.9. The van der Waals surface area contributed by atoms with E-state index in [4.69, 9.17) is 19.7 Å². The van der Waals surface area contributed by atoms with Crippen LogP contribution in [0.3, 0.4) is 0 Å². The lowest BCUT2D eigenvalue weighted by Crippen LogP contribution is -2.28. The van der Waals surface area contributed by atoms with E-state index in [1.165, 1.54) is 103 Å². The molecule has 0 amide bonds. The highest BCUT2D eigenvalue weighted by Gasteiger charge is 2.17. The van der Waals surface area contributed by atoms with Gasteiger partial charge in [0.05, 0.1) is 0 Å². The van der Waals surface area contributed by atoms with E-state index in [0.29, 0.717) is 12.8 Å². The van der Waals surface area contributed by atoms with Gasteiger partial charge in [0.15, 0.2) is 6.10 Å². The molecule has 0 aromatic rings. The van der Waals surface area contributed by atoms with Gasteiger partial charge in [0.1, 0.15) is 13.2 Å². The van der Waals surface area contributed by atoms with Gasteiger partial charge in [0.2, 0.25) is 0 Å². The molecule has 0 fully saturated rings. The van der Waals surface area contributed by atoms with E-state index in [1.807, 2.05) is 0 Å². The van der Waals surface area contributed by atoms with Crippen LogP contribution in [-0.2, 0) is 28.2 Å². The maximum atomic E-state index is 12.2. The maximum Gasteiger partial charge on any atom is 0.327 e. The summed E-state index contributed by atoms with van der Waals surface area (Å²) in [6.07, 6.45) is 27.8. The highest BCUT2D eigenvalue weighted by Crippen LogP contribution is 2.14. The number of esters is 2. The molecule has 1 atom stereocenters. The Kier molecular flexibility index (Phi) is 31.6. The van der Waals surface area contributed by atoms with Gasteiger partial charge in [-0.05, 0) is 25.8 Å². The second kappa shape index (κ2) is 32.5. The van der Waals surface area contributed by atoms with Crippen LogP contribution >= 0.6 is 8.69 Å². The van der Waals surface area contributed by atoms with Gasteiger partial charge in [-0.25, -0.2) is 4.57 Å². The molecule has 0 aromatic carbocycles. The van der Waals surface area contributed by atoms with Crippen LogP contribution in [0.2, 0.25) is 0 Å². The van der Waals surface area contributed by atoms with Crippen molar-refractivity contribution in [2.24, 2.45) is 5.73 Å². The fourth-order valence-electron chi connectivity index (χ4n) is 4.85. The average molecular weight is 588 g/mol. The van der Waals surface area contributed by atoms with Gasteiger partial charge in [-0.3, -0.25) is 14.1 Å². The first kappa shape index (κ1) is 39.0. The standard InChI is InChI=1S/C32H62NO6P/c1-2-3-4-5-6-7-13-17-20-23-26-32(35)39-30(29-38-40-36)28-37-31(34)25-22-19-16-14-11-9-8-10-12-15-18-21-24-27-33/h30H,2-29,33H2,1H3/t30-/m1/s1. The van der Waals surface area contributed by atoms with Crippen molar-refractivity contribution in [3.05, 3.63) is 0 Å². The van der Waals surface area contributed by atoms with E-state index in [1.54, 1.807) is 0 Å². The van der Waals surface area contributed by atoms with Crippen LogP contribution in [-0.4, -0.2) is 37.8 Å². The number of nitrogens with two attached hydrogens (primary N) is 1. The predicted octanol–water partition coefficient (Wildman–Crippen LogP) is 9.40. The van der Waals surface area contributed by atoms with Crippen LogP contribution < -0.4 is 5.73 Å².